The average Bonchev–Trinajstić information content (AvgIpc) is 2.54. The topological polar surface area (TPSA) is 115 Å². The summed E-state index contributed by atoms with van der Waals surface area (Å²) >= 11 is 0. The van der Waals surface area contributed by atoms with E-state index in [2.05, 4.69) is 0 Å². The summed E-state index contributed by atoms with van der Waals surface area (Å²) in [5, 5.41) is 36.5. The predicted molar refractivity (Wildman–Crippen MR) is 72.4 cm³/mol. The normalized spacial score (nSPS) is 14.4. The number of halogens is 12. The summed E-state index contributed by atoms with van der Waals surface area (Å²) in [5.74, 6) is -6.06. The lowest BCUT2D eigenvalue weighted by Gasteiger charge is -2.40. The lowest BCUT2D eigenvalue weighted by Crippen LogP contribution is -2.60. The van der Waals surface area contributed by atoms with Crippen molar-refractivity contribution in [1.29, 1.82) is 0 Å². The Bertz CT molecular complexity index is 821. The Morgan fingerprint density at radius 2 is 0.719 bits per heavy atom. The third-order valence-corrected chi connectivity index (χ3v) is 4.03. The molecule has 32 heavy (non-hydrogen) atoms. The summed E-state index contributed by atoms with van der Waals surface area (Å²) in [5.41, 5.74) is -26.4. The van der Waals surface area contributed by atoms with Crippen LogP contribution in [0.25, 0.3) is 0 Å². The molecular formula is C14H6F12O6. The van der Waals surface area contributed by atoms with Crippen LogP contribution in [0.5, 0.6) is 0 Å². The Balaban J connectivity index is 4.71. The van der Waals surface area contributed by atoms with Gasteiger partial charge in [0, 0.05) is 11.1 Å². The lowest BCUT2D eigenvalue weighted by atomic mass is 9.75. The first-order valence-electron chi connectivity index (χ1n) is 7.23. The van der Waals surface area contributed by atoms with Gasteiger partial charge in [-0.25, -0.2) is 9.59 Å². The zero-order chi connectivity index (χ0) is 25.9. The van der Waals surface area contributed by atoms with Gasteiger partial charge in [-0.15, -0.1) is 0 Å². The van der Waals surface area contributed by atoms with Crippen molar-refractivity contribution >= 4 is 11.9 Å². The molecule has 0 unspecified atom stereocenters. The molecule has 1 aromatic carbocycles. The number of carboxylic acid groups (broad SMARTS) is 2. The summed E-state index contributed by atoms with van der Waals surface area (Å²) in [4.78, 5) is 22.3. The van der Waals surface area contributed by atoms with E-state index in [0.29, 0.717) is 0 Å². The largest absolute Gasteiger partial charge is 0.478 e. The molecule has 6 nitrogen and oxygen atoms in total. The third-order valence-electron chi connectivity index (χ3n) is 4.03. The van der Waals surface area contributed by atoms with Crippen molar-refractivity contribution in [2.75, 3.05) is 0 Å². The summed E-state index contributed by atoms with van der Waals surface area (Å²) in [6, 6.07) is -1.03. The maximum Gasteiger partial charge on any atom is 0.430 e. The van der Waals surface area contributed by atoms with Crippen molar-refractivity contribution in [3.05, 3.63) is 34.4 Å². The molecule has 0 fully saturated rings. The molecule has 0 aliphatic carbocycles. The summed E-state index contributed by atoms with van der Waals surface area (Å²) < 4.78 is 159. The van der Waals surface area contributed by atoms with Gasteiger partial charge in [-0.3, -0.25) is 0 Å². The van der Waals surface area contributed by atoms with Crippen LogP contribution in [0.3, 0.4) is 0 Å². The number of rotatable bonds is 4. The van der Waals surface area contributed by atoms with Crippen molar-refractivity contribution in [1.82, 2.24) is 0 Å². The fourth-order valence-electron chi connectivity index (χ4n) is 2.60. The first-order chi connectivity index (χ1) is 13.9. The van der Waals surface area contributed by atoms with Gasteiger partial charge in [-0.05, 0) is 12.1 Å². The van der Waals surface area contributed by atoms with Gasteiger partial charge in [0.1, 0.15) is 0 Å². The highest BCUT2D eigenvalue weighted by Crippen LogP contribution is 2.58. The second-order valence-corrected chi connectivity index (χ2v) is 5.93. The monoisotopic (exact) mass is 498 g/mol. The number of alkyl halides is 12. The quantitative estimate of drug-likeness (QED) is 0.471. The van der Waals surface area contributed by atoms with Crippen LogP contribution in [-0.4, -0.2) is 57.1 Å². The number of carbonyl (C=O) groups is 2. The van der Waals surface area contributed by atoms with Crippen LogP contribution in [0.1, 0.15) is 31.8 Å². The number of aromatic carboxylic acids is 2. The first kappa shape index (κ1) is 27.3. The predicted octanol–water partition coefficient (Wildman–Crippen LogP) is 3.71. The van der Waals surface area contributed by atoms with E-state index < -0.39 is 82.2 Å². The Hall–Kier alpha value is -2.76. The van der Waals surface area contributed by atoms with E-state index >= 15 is 0 Å². The third kappa shape index (κ3) is 3.80. The standard InChI is InChI=1S/C14H6F12O6/c15-11(16,17)9(31,12(18,19)20)5-3(7(27)28)1-2-4(8(29)30)6(5)10(32,13(21,22)23)14(24,25)26/h1-2,31-32H,(H,27,28)(H,29,30). The Kier molecular flexibility index (Phi) is 6.30. The molecule has 1 aromatic rings. The fourth-order valence-corrected chi connectivity index (χ4v) is 2.60. The number of hydrogen-bond donors (Lipinski definition) is 4. The zero-order valence-corrected chi connectivity index (χ0v) is 14.3. The van der Waals surface area contributed by atoms with Crippen LogP contribution in [0.15, 0.2) is 12.1 Å². The van der Waals surface area contributed by atoms with Crippen LogP contribution in [0, 0.1) is 0 Å². The van der Waals surface area contributed by atoms with E-state index in [1.54, 1.807) is 0 Å². The van der Waals surface area contributed by atoms with Crippen LogP contribution < -0.4 is 0 Å². The molecule has 0 saturated carbocycles. The molecular weight excluding hydrogens is 492 g/mol. The van der Waals surface area contributed by atoms with Gasteiger partial charge in [0.15, 0.2) is 0 Å². The van der Waals surface area contributed by atoms with Gasteiger partial charge in [-0.1, -0.05) is 0 Å². The molecule has 1 rings (SSSR count). The summed E-state index contributed by atoms with van der Waals surface area (Å²) in [7, 11) is 0. The van der Waals surface area contributed by atoms with Crippen LogP contribution in [-0.2, 0) is 11.2 Å². The average molecular weight is 498 g/mol. The zero-order valence-electron chi connectivity index (χ0n) is 14.3. The first-order valence-corrected chi connectivity index (χ1v) is 7.23. The van der Waals surface area contributed by atoms with E-state index in [-0.39, 0.29) is 0 Å². The molecule has 0 atom stereocenters. The molecule has 0 spiro atoms. The molecule has 182 valence electrons. The minimum atomic E-state index is -7.26. The van der Waals surface area contributed by atoms with Gasteiger partial charge in [0.05, 0.1) is 11.1 Å². The van der Waals surface area contributed by atoms with Crippen molar-refractivity contribution < 1.29 is 82.7 Å². The molecule has 0 bridgehead atoms. The molecule has 0 saturated heterocycles. The maximum absolute atomic E-state index is 13.3. The van der Waals surface area contributed by atoms with Crippen molar-refractivity contribution in [2.24, 2.45) is 0 Å². The fraction of sp³-hybridized carbons (Fsp3) is 0.429. The molecule has 18 heteroatoms. The van der Waals surface area contributed by atoms with Gasteiger partial charge < -0.3 is 20.4 Å². The van der Waals surface area contributed by atoms with Gasteiger partial charge in [0.25, 0.3) is 11.2 Å². The Labute approximate surface area is 166 Å². The Morgan fingerprint density at radius 1 is 0.531 bits per heavy atom. The number of aliphatic hydroxyl groups is 2. The second kappa shape index (κ2) is 7.39. The van der Waals surface area contributed by atoms with E-state index in [9.17, 15) is 72.5 Å². The van der Waals surface area contributed by atoms with Crippen molar-refractivity contribution in [2.45, 2.75) is 35.9 Å². The smallest absolute Gasteiger partial charge is 0.430 e. The second-order valence-electron chi connectivity index (χ2n) is 5.93. The number of hydrogen-bond acceptors (Lipinski definition) is 4. The van der Waals surface area contributed by atoms with E-state index in [4.69, 9.17) is 10.2 Å². The van der Waals surface area contributed by atoms with Gasteiger partial charge in [-0.2, -0.15) is 52.7 Å². The van der Waals surface area contributed by atoms with E-state index in [1.165, 1.54) is 0 Å². The highest BCUT2D eigenvalue weighted by atomic mass is 19.4. The molecule has 0 aliphatic rings. The highest BCUT2D eigenvalue weighted by Gasteiger charge is 2.78. The van der Waals surface area contributed by atoms with Gasteiger partial charge in [0.2, 0.25) is 0 Å². The summed E-state index contributed by atoms with van der Waals surface area (Å²) in [6.45, 7) is 0. The lowest BCUT2D eigenvalue weighted by molar-refractivity contribution is -0.387. The minimum Gasteiger partial charge on any atom is -0.478 e. The molecule has 4 N–H and O–H groups in total. The molecule has 0 heterocycles. The summed E-state index contributed by atoms with van der Waals surface area (Å²) in [6.07, 6.45) is -29.1. The number of carboxylic acids is 2. The van der Waals surface area contributed by atoms with Crippen LogP contribution >= 0.6 is 0 Å². The SMILES string of the molecule is O=C(O)c1ccc(C(=O)O)c(C(O)(C(F)(F)F)C(F)(F)F)c1C(O)(C(F)(F)F)C(F)(F)F. The van der Waals surface area contributed by atoms with Gasteiger partial charge >= 0.3 is 36.6 Å². The van der Waals surface area contributed by atoms with Crippen LogP contribution in [0.2, 0.25) is 0 Å². The number of benzene rings is 1. The molecule has 0 aliphatic heterocycles. The Morgan fingerprint density at radius 3 is 0.844 bits per heavy atom. The minimum absolute atomic E-state index is 0.514. The maximum atomic E-state index is 13.3. The molecule has 0 radical (unpaired) electrons. The van der Waals surface area contributed by atoms with Crippen molar-refractivity contribution in [3.8, 4) is 0 Å². The van der Waals surface area contributed by atoms with Crippen molar-refractivity contribution in [3.63, 3.8) is 0 Å². The molecule has 0 aromatic heterocycles. The molecule has 0 amide bonds. The van der Waals surface area contributed by atoms with E-state index in [0.717, 1.165) is 0 Å². The van der Waals surface area contributed by atoms with Crippen LogP contribution in [0.4, 0.5) is 52.7 Å². The highest BCUT2D eigenvalue weighted by molar-refractivity contribution is 5.96. The van der Waals surface area contributed by atoms with E-state index in [1.807, 2.05) is 0 Å².